The Morgan fingerprint density at radius 3 is 2.46 bits per heavy atom. The third kappa shape index (κ3) is 4.80. The average Bonchev–Trinajstić information content (AvgIpc) is 3.20. The normalized spacial score (nSPS) is 10.6. The van der Waals surface area contributed by atoms with E-state index in [0.29, 0.717) is 12.2 Å². The van der Waals surface area contributed by atoms with Crippen LogP contribution in [0.5, 0.6) is 5.75 Å². The van der Waals surface area contributed by atoms with Crippen LogP contribution in [-0.4, -0.2) is 29.3 Å². The summed E-state index contributed by atoms with van der Waals surface area (Å²) in [4.78, 5) is 12.8. The van der Waals surface area contributed by atoms with Crippen LogP contribution in [0.1, 0.15) is 43.1 Å². The van der Waals surface area contributed by atoms with Gasteiger partial charge in [-0.15, -0.1) is 0 Å². The number of nitrogens with one attached hydrogen (secondary N) is 1. The lowest BCUT2D eigenvalue weighted by Gasteiger charge is -2.08. The van der Waals surface area contributed by atoms with Crippen molar-refractivity contribution in [3.05, 3.63) is 66.4 Å². The summed E-state index contributed by atoms with van der Waals surface area (Å²) in [5.41, 5.74) is 3.08. The first-order valence-electron chi connectivity index (χ1n) is 9.81. The fourth-order valence-corrected chi connectivity index (χ4v) is 3.06. The highest BCUT2D eigenvalue weighted by atomic mass is 16.5. The summed E-state index contributed by atoms with van der Waals surface area (Å²) in [6.45, 7) is 2.86. The SMILES string of the molecule is CCCCCCNC(=O)c1cc(-c2ccc(OC)cc2)nn1-c1ccccc1. The van der Waals surface area contributed by atoms with Crippen LogP contribution < -0.4 is 10.1 Å². The highest BCUT2D eigenvalue weighted by Crippen LogP contribution is 2.24. The fourth-order valence-electron chi connectivity index (χ4n) is 3.06. The molecule has 0 saturated heterocycles. The zero-order chi connectivity index (χ0) is 19.8. The highest BCUT2D eigenvalue weighted by molar-refractivity contribution is 5.94. The van der Waals surface area contributed by atoms with Gasteiger partial charge in [-0.1, -0.05) is 44.4 Å². The number of para-hydroxylation sites is 1. The van der Waals surface area contributed by atoms with E-state index in [1.807, 2.05) is 60.7 Å². The molecule has 1 amide bonds. The molecular formula is C23H27N3O2. The molecule has 0 aliphatic rings. The number of rotatable bonds is 9. The Hall–Kier alpha value is -3.08. The highest BCUT2D eigenvalue weighted by Gasteiger charge is 2.17. The third-order valence-corrected chi connectivity index (χ3v) is 4.64. The molecule has 2 aromatic carbocycles. The Bertz CT molecular complexity index is 886. The number of carbonyl (C=O) groups excluding carboxylic acids is 1. The Labute approximate surface area is 166 Å². The Morgan fingerprint density at radius 1 is 1.04 bits per heavy atom. The molecule has 28 heavy (non-hydrogen) atoms. The van der Waals surface area contributed by atoms with E-state index >= 15 is 0 Å². The molecule has 146 valence electrons. The monoisotopic (exact) mass is 377 g/mol. The molecule has 1 aromatic heterocycles. The quantitative estimate of drug-likeness (QED) is 0.542. The number of ether oxygens (including phenoxy) is 1. The summed E-state index contributed by atoms with van der Waals surface area (Å²) in [6, 6.07) is 19.3. The zero-order valence-corrected chi connectivity index (χ0v) is 16.5. The van der Waals surface area contributed by atoms with E-state index in [1.165, 1.54) is 12.8 Å². The van der Waals surface area contributed by atoms with E-state index in [4.69, 9.17) is 9.84 Å². The maximum Gasteiger partial charge on any atom is 0.270 e. The van der Waals surface area contributed by atoms with Crippen molar-refractivity contribution >= 4 is 5.91 Å². The van der Waals surface area contributed by atoms with E-state index in [-0.39, 0.29) is 5.91 Å². The van der Waals surface area contributed by atoms with Crippen molar-refractivity contribution in [2.24, 2.45) is 0 Å². The lowest BCUT2D eigenvalue weighted by molar-refractivity contribution is 0.0945. The lowest BCUT2D eigenvalue weighted by Crippen LogP contribution is -2.26. The van der Waals surface area contributed by atoms with Gasteiger partial charge in [-0.25, -0.2) is 4.68 Å². The number of unbranched alkanes of at least 4 members (excludes halogenated alkanes) is 3. The topological polar surface area (TPSA) is 56.1 Å². The second-order valence-corrected chi connectivity index (χ2v) is 6.71. The van der Waals surface area contributed by atoms with E-state index < -0.39 is 0 Å². The molecule has 0 bridgehead atoms. The van der Waals surface area contributed by atoms with Crippen LogP contribution in [0.15, 0.2) is 60.7 Å². The van der Waals surface area contributed by atoms with Crippen LogP contribution in [0.25, 0.3) is 16.9 Å². The number of nitrogens with zero attached hydrogens (tertiary/aromatic N) is 2. The Balaban J connectivity index is 1.86. The second kappa shape index (κ2) is 9.74. The molecule has 1 N–H and O–H groups in total. The minimum atomic E-state index is -0.104. The van der Waals surface area contributed by atoms with E-state index in [1.54, 1.807) is 11.8 Å². The molecule has 0 atom stereocenters. The van der Waals surface area contributed by atoms with Crippen molar-refractivity contribution in [2.75, 3.05) is 13.7 Å². The number of amides is 1. The lowest BCUT2D eigenvalue weighted by atomic mass is 10.1. The minimum absolute atomic E-state index is 0.104. The summed E-state index contributed by atoms with van der Waals surface area (Å²) >= 11 is 0. The molecule has 0 unspecified atom stereocenters. The first-order chi connectivity index (χ1) is 13.7. The molecule has 0 fully saturated rings. The largest absolute Gasteiger partial charge is 0.497 e. The molecule has 0 aliphatic heterocycles. The van der Waals surface area contributed by atoms with Crippen LogP contribution in [0, 0.1) is 0 Å². The van der Waals surface area contributed by atoms with Gasteiger partial charge in [0.1, 0.15) is 11.4 Å². The van der Waals surface area contributed by atoms with Crippen molar-refractivity contribution in [1.82, 2.24) is 15.1 Å². The third-order valence-electron chi connectivity index (χ3n) is 4.64. The molecule has 0 spiro atoms. The summed E-state index contributed by atoms with van der Waals surface area (Å²) in [7, 11) is 1.64. The fraction of sp³-hybridized carbons (Fsp3) is 0.304. The number of hydrogen-bond acceptors (Lipinski definition) is 3. The van der Waals surface area contributed by atoms with Crippen molar-refractivity contribution < 1.29 is 9.53 Å². The van der Waals surface area contributed by atoms with Gasteiger partial charge in [0.05, 0.1) is 18.5 Å². The number of aromatic nitrogens is 2. The Morgan fingerprint density at radius 2 is 1.79 bits per heavy atom. The molecule has 0 aliphatic carbocycles. The van der Waals surface area contributed by atoms with Crippen LogP contribution in [-0.2, 0) is 0 Å². The average molecular weight is 377 g/mol. The van der Waals surface area contributed by atoms with Gasteiger partial charge in [0, 0.05) is 12.1 Å². The molecule has 0 radical (unpaired) electrons. The minimum Gasteiger partial charge on any atom is -0.497 e. The van der Waals surface area contributed by atoms with Crippen molar-refractivity contribution in [2.45, 2.75) is 32.6 Å². The second-order valence-electron chi connectivity index (χ2n) is 6.71. The van der Waals surface area contributed by atoms with Crippen LogP contribution in [0.2, 0.25) is 0 Å². The molecule has 3 rings (SSSR count). The van der Waals surface area contributed by atoms with Crippen LogP contribution in [0.4, 0.5) is 0 Å². The van der Waals surface area contributed by atoms with E-state index in [2.05, 4.69) is 12.2 Å². The predicted octanol–water partition coefficient (Wildman–Crippen LogP) is 4.86. The van der Waals surface area contributed by atoms with Gasteiger partial charge < -0.3 is 10.1 Å². The first-order valence-corrected chi connectivity index (χ1v) is 9.81. The van der Waals surface area contributed by atoms with Crippen molar-refractivity contribution in [3.8, 4) is 22.7 Å². The maximum atomic E-state index is 12.8. The summed E-state index contributed by atoms with van der Waals surface area (Å²) in [5.74, 6) is 0.684. The molecule has 0 saturated carbocycles. The molecule has 3 aromatic rings. The van der Waals surface area contributed by atoms with Gasteiger partial charge in [0.25, 0.3) is 5.91 Å². The molecule has 5 heteroatoms. The number of hydrogen-bond donors (Lipinski definition) is 1. The van der Waals surface area contributed by atoms with Gasteiger partial charge in [0.2, 0.25) is 0 Å². The van der Waals surface area contributed by atoms with Crippen molar-refractivity contribution in [1.29, 1.82) is 0 Å². The van der Waals surface area contributed by atoms with Gasteiger partial charge in [-0.2, -0.15) is 5.10 Å². The number of methoxy groups -OCH3 is 1. The smallest absolute Gasteiger partial charge is 0.270 e. The predicted molar refractivity (Wildman–Crippen MR) is 112 cm³/mol. The van der Waals surface area contributed by atoms with Crippen LogP contribution in [0.3, 0.4) is 0 Å². The summed E-state index contributed by atoms with van der Waals surface area (Å²) in [5, 5.41) is 7.73. The van der Waals surface area contributed by atoms with Crippen LogP contribution >= 0.6 is 0 Å². The standard InChI is InChI=1S/C23H27N3O2/c1-3-4-5-9-16-24-23(27)22-17-21(18-12-14-20(28-2)15-13-18)25-26(22)19-10-7-6-8-11-19/h6-8,10-15,17H,3-5,9,16H2,1-2H3,(H,24,27). The van der Waals surface area contributed by atoms with E-state index in [9.17, 15) is 4.79 Å². The van der Waals surface area contributed by atoms with Crippen molar-refractivity contribution in [3.63, 3.8) is 0 Å². The van der Waals surface area contributed by atoms with Gasteiger partial charge in [0.15, 0.2) is 0 Å². The number of carbonyl (C=O) groups is 1. The van der Waals surface area contributed by atoms with Gasteiger partial charge >= 0.3 is 0 Å². The van der Waals surface area contributed by atoms with Gasteiger partial charge in [-0.3, -0.25) is 4.79 Å². The Kier molecular flexibility index (Phi) is 6.84. The molecular weight excluding hydrogens is 350 g/mol. The number of benzene rings is 2. The zero-order valence-electron chi connectivity index (χ0n) is 16.5. The summed E-state index contributed by atoms with van der Waals surface area (Å²) in [6.07, 6.45) is 4.50. The van der Waals surface area contributed by atoms with Gasteiger partial charge in [-0.05, 0) is 48.9 Å². The first kappa shape index (κ1) is 19.7. The maximum absolute atomic E-state index is 12.8. The van der Waals surface area contributed by atoms with E-state index in [0.717, 1.165) is 35.5 Å². The molecule has 1 heterocycles. The molecule has 5 nitrogen and oxygen atoms in total. The summed E-state index contributed by atoms with van der Waals surface area (Å²) < 4.78 is 6.93.